The van der Waals surface area contributed by atoms with Gasteiger partial charge in [-0.2, -0.15) is 5.26 Å². The van der Waals surface area contributed by atoms with E-state index in [2.05, 4.69) is 64.9 Å². The van der Waals surface area contributed by atoms with Crippen LogP contribution in [0.4, 0.5) is 0 Å². The number of nitrogens with zero attached hydrogens (tertiary/aromatic N) is 3. The lowest BCUT2D eigenvalue weighted by Gasteiger charge is -2.22. The van der Waals surface area contributed by atoms with Gasteiger partial charge in [-0.3, -0.25) is 9.69 Å². The molecule has 0 radical (unpaired) electrons. The minimum absolute atomic E-state index is 0.0787. The summed E-state index contributed by atoms with van der Waals surface area (Å²) in [6, 6.07) is 24.6. The van der Waals surface area contributed by atoms with Crippen LogP contribution in [0.3, 0.4) is 0 Å². The van der Waals surface area contributed by atoms with E-state index in [0.717, 1.165) is 17.7 Å². The third kappa shape index (κ3) is 4.45. The van der Waals surface area contributed by atoms with E-state index in [0.29, 0.717) is 25.2 Å². The van der Waals surface area contributed by atoms with E-state index >= 15 is 0 Å². The van der Waals surface area contributed by atoms with Gasteiger partial charge in [-0.1, -0.05) is 36.4 Å². The highest BCUT2D eigenvalue weighted by atomic mass is 16.4. The van der Waals surface area contributed by atoms with Crippen molar-refractivity contribution in [3.8, 4) is 6.07 Å². The summed E-state index contributed by atoms with van der Waals surface area (Å²) >= 11 is 0. The van der Waals surface area contributed by atoms with E-state index in [9.17, 15) is 15.2 Å². The number of nitriles is 1. The topological polar surface area (TPSA) is 69.3 Å². The Balaban J connectivity index is 1.66. The van der Waals surface area contributed by atoms with Crippen molar-refractivity contribution in [2.45, 2.75) is 33.0 Å². The molecule has 0 spiro atoms. The van der Waals surface area contributed by atoms with Crippen LogP contribution in [-0.4, -0.2) is 27.1 Å². The number of aromatic nitrogens is 1. The molecule has 0 aliphatic rings. The third-order valence-corrected chi connectivity index (χ3v) is 5.66. The van der Waals surface area contributed by atoms with Gasteiger partial charge in [-0.25, -0.2) is 0 Å². The number of hydrogen-bond donors (Lipinski definition) is 1. The number of carboxylic acids is 1. The molecule has 0 saturated heterocycles. The number of carboxylic acid groups (broad SMARTS) is 1. The number of aryl methyl sites for hydroxylation is 1. The first kappa shape index (κ1) is 20.6. The summed E-state index contributed by atoms with van der Waals surface area (Å²) in [6.07, 6.45) is 0.0787. The highest BCUT2D eigenvalue weighted by Gasteiger charge is 2.13. The van der Waals surface area contributed by atoms with Crippen LogP contribution in [0, 0.1) is 11.3 Å². The Morgan fingerprint density at radius 3 is 2.45 bits per heavy atom. The predicted molar refractivity (Wildman–Crippen MR) is 123 cm³/mol. The Kier molecular flexibility index (Phi) is 6.01. The maximum absolute atomic E-state index is 11.2. The molecule has 156 valence electrons. The maximum Gasteiger partial charge on any atom is 0.304 e. The van der Waals surface area contributed by atoms with Gasteiger partial charge in [-0.05, 0) is 48.4 Å². The first-order chi connectivity index (χ1) is 15.1. The molecule has 0 amide bonds. The van der Waals surface area contributed by atoms with Crippen LogP contribution in [0.5, 0.6) is 0 Å². The Morgan fingerprint density at radius 2 is 1.71 bits per heavy atom. The normalized spacial score (nSPS) is 11.3. The molecule has 0 bridgehead atoms. The maximum atomic E-state index is 11.2. The van der Waals surface area contributed by atoms with Gasteiger partial charge in [0.2, 0.25) is 0 Å². The molecule has 4 aromatic rings. The number of carbonyl (C=O) groups is 1. The molecule has 0 aliphatic carbocycles. The molecule has 3 aromatic carbocycles. The summed E-state index contributed by atoms with van der Waals surface area (Å²) in [5.41, 5.74) is 5.21. The molecule has 0 aliphatic heterocycles. The molecule has 0 unspecified atom stereocenters. The van der Waals surface area contributed by atoms with Crippen molar-refractivity contribution in [3.63, 3.8) is 0 Å². The molecule has 4 rings (SSSR count). The fraction of sp³-hybridized carbons (Fsp3) is 0.231. The standard InChI is InChI=1S/C26H25N3O2/c1-2-29-24-9-4-3-8-22(24)23-15-21(10-11-25(23)29)18-28(13-12-26(30)31)17-20-7-5-6-19(14-20)16-27/h3-11,14-15H,2,12-13,17-18H2,1H3,(H,30,31). The predicted octanol–water partition coefficient (Wildman–Crippen LogP) is 5.16. The summed E-state index contributed by atoms with van der Waals surface area (Å²) in [5.74, 6) is -0.808. The van der Waals surface area contributed by atoms with E-state index in [4.69, 9.17) is 0 Å². The Hall–Kier alpha value is -3.62. The van der Waals surface area contributed by atoms with E-state index in [-0.39, 0.29) is 6.42 Å². The van der Waals surface area contributed by atoms with Gasteiger partial charge in [0.05, 0.1) is 18.1 Å². The molecule has 1 heterocycles. The quantitative estimate of drug-likeness (QED) is 0.435. The molecular formula is C26H25N3O2. The molecular weight excluding hydrogens is 386 g/mol. The second-order valence-corrected chi connectivity index (χ2v) is 7.78. The van der Waals surface area contributed by atoms with Crippen LogP contribution < -0.4 is 0 Å². The Morgan fingerprint density at radius 1 is 0.968 bits per heavy atom. The van der Waals surface area contributed by atoms with Gasteiger partial charge in [0, 0.05) is 48.0 Å². The second kappa shape index (κ2) is 9.03. The van der Waals surface area contributed by atoms with Crippen LogP contribution in [-0.2, 0) is 24.4 Å². The number of para-hydroxylation sites is 1. The summed E-state index contributed by atoms with van der Waals surface area (Å²) < 4.78 is 2.32. The molecule has 0 atom stereocenters. The summed E-state index contributed by atoms with van der Waals surface area (Å²) in [7, 11) is 0. The first-order valence-corrected chi connectivity index (χ1v) is 10.5. The van der Waals surface area contributed by atoms with Crippen molar-refractivity contribution in [3.05, 3.63) is 83.4 Å². The SMILES string of the molecule is CCn1c2ccccc2c2cc(CN(CCC(=O)O)Cc3cccc(C#N)c3)ccc21. The molecule has 5 heteroatoms. The zero-order chi connectivity index (χ0) is 21.8. The third-order valence-electron chi connectivity index (χ3n) is 5.66. The van der Waals surface area contributed by atoms with Crippen molar-refractivity contribution in [2.75, 3.05) is 6.54 Å². The zero-order valence-corrected chi connectivity index (χ0v) is 17.6. The van der Waals surface area contributed by atoms with Gasteiger partial charge in [0.1, 0.15) is 0 Å². The Bertz CT molecular complexity index is 1280. The minimum atomic E-state index is -0.808. The fourth-order valence-electron chi connectivity index (χ4n) is 4.26. The first-order valence-electron chi connectivity index (χ1n) is 10.5. The number of aliphatic carboxylic acids is 1. The molecule has 1 aromatic heterocycles. The monoisotopic (exact) mass is 411 g/mol. The van der Waals surface area contributed by atoms with E-state index in [1.807, 2.05) is 18.2 Å². The van der Waals surface area contributed by atoms with Crippen molar-refractivity contribution in [1.82, 2.24) is 9.47 Å². The zero-order valence-electron chi connectivity index (χ0n) is 17.6. The largest absolute Gasteiger partial charge is 0.481 e. The van der Waals surface area contributed by atoms with Gasteiger partial charge < -0.3 is 9.67 Å². The lowest BCUT2D eigenvalue weighted by Crippen LogP contribution is -2.25. The van der Waals surface area contributed by atoms with E-state index < -0.39 is 5.97 Å². The van der Waals surface area contributed by atoms with Crippen molar-refractivity contribution >= 4 is 27.8 Å². The molecule has 5 nitrogen and oxygen atoms in total. The second-order valence-electron chi connectivity index (χ2n) is 7.78. The number of benzene rings is 3. The number of hydrogen-bond acceptors (Lipinski definition) is 3. The average Bonchev–Trinajstić information content (AvgIpc) is 3.10. The van der Waals surface area contributed by atoms with E-state index in [1.54, 1.807) is 6.07 Å². The van der Waals surface area contributed by atoms with Crippen LogP contribution in [0.1, 0.15) is 30.0 Å². The molecule has 1 N–H and O–H groups in total. The lowest BCUT2D eigenvalue weighted by molar-refractivity contribution is -0.137. The molecule has 31 heavy (non-hydrogen) atoms. The van der Waals surface area contributed by atoms with Gasteiger partial charge >= 0.3 is 5.97 Å². The van der Waals surface area contributed by atoms with Crippen LogP contribution in [0.15, 0.2) is 66.7 Å². The van der Waals surface area contributed by atoms with Crippen molar-refractivity contribution < 1.29 is 9.90 Å². The average molecular weight is 412 g/mol. The molecule has 0 saturated carbocycles. The lowest BCUT2D eigenvalue weighted by atomic mass is 10.1. The van der Waals surface area contributed by atoms with Crippen LogP contribution in [0.2, 0.25) is 0 Å². The van der Waals surface area contributed by atoms with Gasteiger partial charge in [0.15, 0.2) is 0 Å². The number of rotatable bonds is 8. The van der Waals surface area contributed by atoms with Crippen LogP contribution >= 0.6 is 0 Å². The number of fused-ring (bicyclic) bond motifs is 3. The highest BCUT2D eigenvalue weighted by Crippen LogP contribution is 2.30. The highest BCUT2D eigenvalue weighted by molar-refractivity contribution is 6.08. The van der Waals surface area contributed by atoms with E-state index in [1.165, 1.54) is 21.8 Å². The summed E-state index contributed by atoms with van der Waals surface area (Å²) in [5, 5.41) is 20.8. The fourth-order valence-corrected chi connectivity index (χ4v) is 4.26. The Labute approximate surface area is 181 Å². The molecule has 0 fully saturated rings. The van der Waals surface area contributed by atoms with Crippen LogP contribution in [0.25, 0.3) is 21.8 Å². The van der Waals surface area contributed by atoms with Crippen molar-refractivity contribution in [2.24, 2.45) is 0 Å². The minimum Gasteiger partial charge on any atom is -0.481 e. The van der Waals surface area contributed by atoms with Gasteiger partial charge in [-0.15, -0.1) is 0 Å². The smallest absolute Gasteiger partial charge is 0.304 e. The summed E-state index contributed by atoms with van der Waals surface area (Å²) in [4.78, 5) is 13.3. The van der Waals surface area contributed by atoms with Gasteiger partial charge in [0.25, 0.3) is 0 Å². The van der Waals surface area contributed by atoms with Crippen molar-refractivity contribution in [1.29, 1.82) is 5.26 Å². The summed E-state index contributed by atoms with van der Waals surface area (Å²) in [6.45, 7) is 4.75.